The molecule has 0 unspecified atom stereocenters. The van der Waals surface area contributed by atoms with Crippen molar-refractivity contribution in [2.75, 3.05) is 6.61 Å². The van der Waals surface area contributed by atoms with Gasteiger partial charge >= 0.3 is 5.97 Å². The Morgan fingerprint density at radius 2 is 2.17 bits per heavy atom. The molecular formula is C6H12O6. The fraction of sp³-hybridized carbons (Fsp3) is 0.833. The summed E-state index contributed by atoms with van der Waals surface area (Å²) in [6.07, 6.45) is -3.88. The molecule has 0 amide bonds. The molecule has 0 aromatic heterocycles. The largest absolute Gasteiger partial charge is 0.479 e. The molecule has 0 aliphatic carbocycles. The molecular weight excluding hydrogens is 168 g/mol. The Morgan fingerprint density at radius 1 is 1.67 bits per heavy atom. The Morgan fingerprint density at radius 3 is 2.42 bits per heavy atom. The fourth-order valence-electron chi connectivity index (χ4n) is 0.545. The molecule has 0 aromatic rings. The molecule has 0 aliphatic heterocycles. The molecule has 3 atom stereocenters. The van der Waals surface area contributed by atoms with E-state index in [1.165, 1.54) is 0 Å². The van der Waals surface area contributed by atoms with Crippen LogP contribution in [0.3, 0.4) is 0 Å². The van der Waals surface area contributed by atoms with Gasteiger partial charge in [0.05, 0.1) is 6.61 Å². The number of carbonyl (C=O) groups is 1. The summed E-state index contributed by atoms with van der Waals surface area (Å²) >= 11 is 0. The molecule has 0 radical (unpaired) electrons. The third kappa shape index (κ3) is 2.15. The van der Waals surface area contributed by atoms with Gasteiger partial charge in [0.1, 0.15) is 12.2 Å². The number of rotatable bonds is 4. The molecule has 0 fully saturated rings. The number of aliphatic carboxylic acids is 1. The van der Waals surface area contributed by atoms with Gasteiger partial charge in [-0.15, -0.1) is 0 Å². The van der Waals surface area contributed by atoms with Crippen LogP contribution in [0, 0.1) is 0 Å². The summed E-state index contributed by atoms with van der Waals surface area (Å²) in [5.41, 5.74) is -2.75. The van der Waals surface area contributed by atoms with Gasteiger partial charge in [0.15, 0.2) is 5.60 Å². The van der Waals surface area contributed by atoms with Gasteiger partial charge < -0.3 is 25.5 Å². The minimum absolute atomic E-state index is 0.892. The maximum absolute atomic E-state index is 10.4. The number of carboxylic acids is 1. The maximum atomic E-state index is 10.4. The Bertz CT molecular complexity index is 186. The normalized spacial score (nSPS) is 22.2. The first-order valence-electron chi connectivity index (χ1n) is 3.82. The second-order valence-corrected chi connectivity index (χ2v) is 2.42. The first kappa shape index (κ1) is 9.40. The topological polar surface area (TPSA) is 118 Å². The van der Waals surface area contributed by atoms with E-state index in [1.54, 1.807) is 0 Å². The SMILES string of the molecule is [2H]C[C@](O)(C(=O)O)[C@H](O)[C@H](O)CO. The predicted molar refractivity (Wildman–Crippen MR) is 37.4 cm³/mol. The van der Waals surface area contributed by atoms with Crippen molar-refractivity contribution in [3.8, 4) is 0 Å². The van der Waals surface area contributed by atoms with Gasteiger partial charge in [0.2, 0.25) is 0 Å². The lowest BCUT2D eigenvalue weighted by Gasteiger charge is -2.27. The van der Waals surface area contributed by atoms with Gasteiger partial charge in [-0.05, 0) is 6.90 Å². The lowest BCUT2D eigenvalue weighted by atomic mass is 9.95. The van der Waals surface area contributed by atoms with Crippen LogP contribution in [0.5, 0.6) is 0 Å². The Hall–Kier alpha value is -0.690. The van der Waals surface area contributed by atoms with Crippen molar-refractivity contribution in [3.05, 3.63) is 0 Å². The standard InChI is InChI=1S/C6H12O6/c1-6(12,5(10)11)4(9)3(8)2-7/h3-4,7-9,12H,2H2,1H3,(H,10,11)/t3-,4-,6-/m1/s1/i1D. The number of aliphatic hydroxyl groups is 4. The summed E-state index contributed by atoms with van der Waals surface area (Å²) in [6.45, 7) is -1.91. The van der Waals surface area contributed by atoms with Gasteiger partial charge in [-0.2, -0.15) is 0 Å². The molecule has 0 bridgehead atoms. The fourth-order valence-corrected chi connectivity index (χ4v) is 0.545. The smallest absolute Gasteiger partial charge is 0.338 e. The predicted octanol–water partition coefficient (Wildman–Crippen LogP) is -2.46. The molecule has 0 saturated heterocycles. The number of aliphatic hydroxyl groups excluding tert-OH is 3. The van der Waals surface area contributed by atoms with Crippen molar-refractivity contribution in [2.24, 2.45) is 0 Å². The molecule has 0 spiro atoms. The van der Waals surface area contributed by atoms with Crippen molar-refractivity contribution in [1.29, 1.82) is 0 Å². The Labute approximate surface area is 70.1 Å². The average Bonchev–Trinajstić information content (AvgIpc) is 2.13. The molecule has 0 heterocycles. The summed E-state index contributed by atoms with van der Waals surface area (Å²) in [6, 6.07) is 0. The third-order valence-corrected chi connectivity index (χ3v) is 1.41. The van der Waals surface area contributed by atoms with Crippen LogP contribution in [0.2, 0.25) is 0 Å². The Kier molecular flexibility index (Phi) is 2.99. The van der Waals surface area contributed by atoms with E-state index in [-0.39, 0.29) is 0 Å². The maximum Gasteiger partial charge on any atom is 0.338 e. The van der Waals surface area contributed by atoms with E-state index in [1.807, 2.05) is 0 Å². The highest BCUT2D eigenvalue weighted by Crippen LogP contribution is 2.13. The molecule has 0 rings (SSSR count). The van der Waals surface area contributed by atoms with Crippen LogP contribution in [0.25, 0.3) is 0 Å². The zero-order valence-electron chi connectivity index (χ0n) is 7.21. The van der Waals surface area contributed by atoms with Crippen molar-refractivity contribution in [1.82, 2.24) is 0 Å². The highest BCUT2D eigenvalue weighted by atomic mass is 16.4. The highest BCUT2D eigenvalue weighted by Gasteiger charge is 2.42. The monoisotopic (exact) mass is 181 g/mol. The van der Waals surface area contributed by atoms with Crippen LogP contribution in [0.15, 0.2) is 0 Å². The van der Waals surface area contributed by atoms with Crippen molar-refractivity contribution in [3.63, 3.8) is 0 Å². The van der Waals surface area contributed by atoms with Gasteiger partial charge in [-0.1, -0.05) is 0 Å². The summed E-state index contributed by atoms with van der Waals surface area (Å²) < 4.78 is 6.70. The quantitative estimate of drug-likeness (QED) is 0.328. The lowest BCUT2D eigenvalue weighted by Crippen LogP contribution is -2.53. The molecule has 0 aromatic carbocycles. The minimum Gasteiger partial charge on any atom is -0.479 e. The molecule has 6 nitrogen and oxygen atoms in total. The molecule has 5 N–H and O–H groups in total. The van der Waals surface area contributed by atoms with Gasteiger partial charge in [0, 0.05) is 1.37 Å². The molecule has 0 aliphatic rings. The molecule has 72 valence electrons. The number of hydrogen-bond acceptors (Lipinski definition) is 5. The summed E-state index contributed by atoms with van der Waals surface area (Å²) in [4.78, 5) is 10.4. The van der Waals surface area contributed by atoms with E-state index in [4.69, 9.17) is 26.9 Å². The van der Waals surface area contributed by atoms with Gasteiger partial charge in [0.25, 0.3) is 0 Å². The minimum atomic E-state index is -2.75. The van der Waals surface area contributed by atoms with Crippen LogP contribution in [-0.2, 0) is 4.79 Å². The van der Waals surface area contributed by atoms with E-state index >= 15 is 0 Å². The number of hydrogen-bond donors (Lipinski definition) is 5. The lowest BCUT2D eigenvalue weighted by molar-refractivity contribution is -0.179. The summed E-state index contributed by atoms with van der Waals surface area (Å²) in [7, 11) is 0. The second-order valence-electron chi connectivity index (χ2n) is 2.42. The highest BCUT2D eigenvalue weighted by molar-refractivity contribution is 5.77. The van der Waals surface area contributed by atoms with E-state index in [9.17, 15) is 4.79 Å². The zero-order valence-corrected chi connectivity index (χ0v) is 6.21. The van der Waals surface area contributed by atoms with E-state index in [0.717, 1.165) is 0 Å². The van der Waals surface area contributed by atoms with Crippen molar-refractivity contribution in [2.45, 2.75) is 24.7 Å². The van der Waals surface area contributed by atoms with Crippen LogP contribution >= 0.6 is 0 Å². The van der Waals surface area contributed by atoms with Crippen molar-refractivity contribution >= 4 is 5.97 Å². The summed E-state index contributed by atoms with van der Waals surface area (Å²) in [5.74, 6) is -1.82. The Balaban J connectivity index is 4.65. The number of carboxylic acid groups (broad SMARTS) is 1. The van der Waals surface area contributed by atoms with Gasteiger partial charge in [-0.3, -0.25) is 0 Å². The first-order valence-corrected chi connectivity index (χ1v) is 3.12. The van der Waals surface area contributed by atoms with E-state index < -0.39 is 37.3 Å². The van der Waals surface area contributed by atoms with Crippen LogP contribution < -0.4 is 0 Å². The zero-order chi connectivity index (χ0) is 10.6. The molecule has 6 heteroatoms. The van der Waals surface area contributed by atoms with Crippen LogP contribution in [0.4, 0.5) is 0 Å². The van der Waals surface area contributed by atoms with Crippen LogP contribution in [-0.4, -0.2) is 55.9 Å². The third-order valence-electron chi connectivity index (χ3n) is 1.41. The average molecular weight is 181 g/mol. The van der Waals surface area contributed by atoms with E-state index in [0.29, 0.717) is 0 Å². The molecule has 12 heavy (non-hydrogen) atoms. The van der Waals surface area contributed by atoms with Gasteiger partial charge in [-0.25, -0.2) is 4.79 Å². The second kappa shape index (κ2) is 3.81. The first-order chi connectivity index (χ1) is 5.90. The summed E-state index contributed by atoms with van der Waals surface area (Å²) in [5, 5.41) is 43.8. The van der Waals surface area contributed by atoms with E-state index in [2.05, 4.69) is 0 Å². The van der Waals surface area contributed by atoms with Crippen molar-refractivity contribution < 1.29 is 31.7 Å². The van der Waals surface area contributed by atoms with Crippen LogP contribution in [0.1, 0.15) is 8.27 Å². The molecule has 0 saturated carbocycles.